The molecule has 2 aliphatic rings. The monoisotopic (exact) mass is 580 g/mol. The summed E-state index contributed by atoms with van der Waals surface area (Å²) in [7, 11) is 1.60. The van der Waals surface area contributed by atoms with Crippen molar-refractivity contribution in [2.45, 2.75) is 44.4 Å². The second-order valence-electron chi connectivity index (χ2n) is 10.4. The fourth-order valence-corrected chi connectivity index (χ4v) is 4.79. The Balaban J connectivity index is 1.23. The van der Waals surface area contributed by atoms with Gasteiger partial charge in [0.2, 0.25) is 5.82 Å². The first-order chi connectivity index (χ1) is 20.3. The van der Waals surface area contributed by atoms with Gasteiger partial charge in [0, 0.05) is 20.0 Å². The summed E-state index contributed by atoms with van der Waals surface area (Å²) in [4.78, 5) is 15.2. The highest BCUT2D eigenvalue weighted by Crippen LogP contribution is 2.33. The van der Waals surface area contributed by atoms with Gasteiger partial charge in [-0.3, -0.25) is 4.90 Å². The molecule has 6 nitrogen and oxygen atoms in total. The van der Waals surface area contributed by atoms with Crippen LogP contribution in [0.5, 0.6) is 17.2 Å². The molecule has 0 N–H and O–H groups in total. The number of nitrogens with zero attached hydrogens (tertiary/aromatic N) is 1. The van der Waals surface area contributed by atoms with E-state index in [9.17, 15) is 18.0 Å². The van der Waals surface area contributed by atoms with Crippen LogP contribution in [0.25, 0.3) is 5.57 Å². The molecule has 3 aromatic rings. The number of hydrogen-bond acceptors (Lipinski definition) is 6. The lowest BCUT2D eigenvalue weighted by molar-refractivity contribution is -0.140. The summed E-state index contributed by atoms with van der Waals surface area (Å²) in [5.41, 5.74) is 3.45. The minimum absolute atomic E-state index is 0.0216. The molecule has 1 radical (unpaired) electrons. The van der Waals surface area contributed by atoms with Crippen molar-refractivity contribution in [3.63, 3.8) is 0 Å². The number of hydrogen-bond donors (Lipinski definition) is 0. The zero-order chi connectivity index (χ0) is 29.6. The molecular weight excluding hydrogens is 547 g/mol. The maximum Gasteiger partial charge on any atom is 0.335 e. The number of aryl methyl sites for hydroxylation is 1. The molecule has 221 valence electrons. The highest BCUT2D eigenvalue weighted by molar-refractivity contribution is 5.98. The minimum atomic E-state index is -1.33. The Morgan fingerprint density at radius 3 is 2.36 bits per heavy atom. The molecule has 0 amide bonds. The number of esters is 1. The largest absolute Gasteiger partial charge is 0.497 e. The van der Waals surface area contributed by atoms with Crippen molar-refractivity contribution in [3.8, 4) is 17.2 Å². The third-order valence-electron chi connectivity index (χ3n) is 7.32. The Labute approximate surface area is 243 Å². The van der Waals surface area contributed by atoms with Gasteiger partial charge in [0.15, 0.2) is 23.6 Å². The van der Waals surface area contributed by atoms with Gasteiger partial charge in [-0.05, 0) is 85.2 Å². The van der Waals surface area contributed by atoms with Crippen molar-refractivity contribution >= 4 is 11.5 Å². The fraction of sp³-hybridized carbons (Fsp3) is 0.333. The molecule has 1 saturated carbocycles. The number of benzene rings is 3. The van der Waals surface area contributed by atoms with E-state index in [1.54, 1.807) is 7.11 Å². The van der Waals surface area contributed by atoms with E-state index in [4.69, 9.17) is 18.9 Å². The highest BCUT2D eigenvalue weighted by atomic mass is 19.2. The smallest absolute Gasteiger partial charge is 0.335 e. The molecule has 0 bridgehead atoms. The first kappa shape index (κ1) is 29.5. The Morgan fingerprint density at radius 1 is 0.976 bits per heavy atom. The molecule has 1 fully saturated rings. The van der Waals surface area contributed by atoms with Crippen LogP contribution < -0.4 is 14.2 Å². The maximum absolute atomic E-state index is 13.8. The SMILES string of the molecule is [CH2]C(Oc1ccc(OC)cc1)N1CCC(c2ccc(CCCOc3c(F)ccc(F)c3F)cc2)=C(C(=O)OC2CC2)C1. The summed E-state index contributed by atoms with van der Waals surface area (Å²) in [5.74, 6) is -3.05. The van der Waals surface area contributed by atoms with Crippen molar-refractivity contribution in [2.75, 3.05) is 26.8 Å². The zero-order valence-corrected chi connectivity index (χ0v) is 23.4. The van der Waals surface area contributed by atoms with Gasteiger partial charge in [-0.15, -0.1) is 0 Å². The first-order valence-corrected chi connectivity index (χ1v) is 14.0. The van der Waals surface area contributed by atoms with Crippen LogP contribution in [0.1, 0.15) is 36.8 Å². The lowest BCUT2D eigenvalue weighted by Gasteiger charge is -2.34. The molecule has 3 aromatic carbocycles. The normalized spacial score (nSPS) is 16.2. The van der Waals surface area contributed by atoms with Gasteiger partial charge >= 0.3 is 5.97 Å². The molecule has 1 aliphatic carbocycles. The first-order valence-electron chi connectivity index (χ1n) is 14.0. The third kappa shape index (κ3) is 7.26. The number of methoxy groups -OCH3 is 1. The highest BCUT2D eigenvalue weighted by Gasteiger charge is 2.33. The van der Waals surface area contributed by atoms with Crippen LogP contribution in [0.2, 0.25) is 0 Å². The predicted octanol–water partition coefficient (Wildman–Crippen LogP) is 6.53. The molecule has 0 saturated heterocycles. The summed E-state index contributed by atoms with van der Waals surface area (Å²) in [6.45, 7) is 5.19. The summed E-state index contributed by atoms with van der Waals surface area (Å²) in [5, 5.41) is 0. The molecule has 1 aliphatic heterocycles. The topological polar surface area (TPSA) is 57.2 Å². The lowest BCUT2D eigenvalue weighted by atomic mass is 9.92. The predicted molar refractivity (Wildman–Crippen MR) is 152 cm³/mol. The van der Waals surface area contributed by atoms with Gasteiger partial charge in [-0.25, -0.2) is 13.6 Å². The molecule has 9 heteroatoms. The van der Waals surface area contributed by atoms with Gasteiger partial charge < -0.3 is 18.9 Å². The Hall–Kier alpha value is -3.98. The van der Waals surface area contributed by atoms with Crippen LogP contribution in [0.15, 0.2) is 66.2 Å². The molecule has 1 heterocycles. The van der Waals surface area contributed by atoms with Crippen molar-refractivity contribution in [1.29, 1.82) is 0 Å². The van der Waals surface area contributed by atoms with Crippen LogP contribution in [-0.2, 0) is 16.0 Å². The molecule has 1 unspecified atom stereocenters. The van der Waals surface area contributed by atoms with Crippen LogP contribution in [0, 0.1) is 24.4 Å². The molecular formula is C33H33F3NO5. The van der Waals surface area contributed by atoms with Crippen LogP contribution in [0.3, 0.4) is 0 Å². The van der Waals surface area contributed by atoms with Crippen LogP contribution in [-0.4, -0.2) is 50.0 Å². The zero-order valence-electron chi connectivity index (χ0n) is 23.4. The second kappa shape index (κ2) is 13.3. The third-order valence-corrected chi connectivity index (χ3v) is 7.32. The molecule has 42 heavy (non-hydrogen) atoms. The van der Waals surface area contributed by atoms with Crippen LogP contribution in [0.4, 0.5) is 13.2 Å². The van der Waals surface area contributed by atoms with E-state index < -0.39 is 29.4 Å². The average Bonchev–Trinajstić information content (AvgIpc) is 3.83. The van der Waals surface area contributed by atoms with Gasteiger partial charge in [-0.1, -0.05) is 24.3 Å². The van der Waals surface area contributed by atoms with E-state index >= 15 is 0 Å². The average molecular weight is 581 g/mol. The number of rotatable bonds is 12. The van der Waals surface area contributed by atoms with Gasteiger partial charge in [0.05, 0.1) is 19.3 Å². The number of halogens is 3. The van der Waals surface area contributed by atoms with Crippen LogP contribution >= 0.6 is 0 Å². The van der Waals surface area contributed by atoms with E-state index in [-0.39, 0.29) is 18.7 Å². The summed E-state index contributed by atoms with van der Waals surface area (Å²) in [6.07, 6.45) is 2.92. The van der Waals surface area contributed by atoms with Gasteiger partial charge in [0.1, 0.15) is 17.6 Å². The maximum atomic E-state index is 13.8. The van der Waals surface area contributed by atoms with Gasteiger partial charge in [-0.2, -0.15) is 4.39 Å². The van der Waals surface area contributed by atoms with E-state index in [0.717, 1.165) is 47.4 Å². The molecule has 1 atom stereocenters. The summed E-state index contributed by atoms with van der Waals surface area (Å²) in [6, 6.07) is 16.7. The molecule has 0 spiro atoms. The Bertz CT molecular complexity index is 1420. The van der Waals surface area contributed by atoms with Crippen molar-refractivity contribution in [2.24, 2.45) is 0 Å². The van der Waals surface area contributed by atoms with E-state index in [1.165, 1.54) is 0 Å². The quantitative estimate of drug-likeness (QED) is 0.138. The van der Waals surface area contributed by atoms with Crippen molar-refractivity contribution < 1.29 is 36.9 Å². The number of carbonyl (C=O) groups excluding carboxylic acids is 1. The van der Waals surface area contributed by atoms with E-state index in [1.807, 2.05) is 53.4 Å². The Morgan fingerprint density at radius 2 is 1.67 bits per heavy atom. The van der Waals surface area contributed by atoms with Crippen molar-refractivity contribution in [1.82, 2.24) is 4.90 Å². The second-order valence-corrected chi connectivity index (χ2v) is 10.4. The lowest BCUT2D eigenvalue weighted by Crippen LogP contribution is -2.43. The standard InChI is InChI=1S/C33H33F3NO5/c1-21(41-25-11-9-24(39-2)10-12-25)37-18-17-27(28(20-37)33(38)42-26-13-14-26)23-7-5-22(6-8-23)4-3-19-40-32-30(35)16-15-29(34)31(32)36/h5-12,15-16,21,26H,1,3-4,13-14,17-20H2,2H3. The van der Waals surface area contributed by atoms with E-state index in [2.05, 4.69) is 6.92 Å². The minimum Gasteiger partial charge on any atom is -0.497 e. The van der Waals surface area contributed by atoms with Gasteiger partial charge in [0.25, 0.3) is 0 Å². The van der Waals surface area contributed by atoms with Crippen molar-refractivity contribution in [3.05, 3.63) is 102 Å². The molecule has 5 rings (SSSR count). The Kier molecular flexibility index (Phi) is 9.37. The summed E-state index contributed by atoms with van der Waals surface area (Å²) >= 11 is 0. The number of carbonyl (C=O) groups is 1. The number of ether oxygens (including phenoxy) is 4. The fourth-order valence-electron chi connectivity index (χ4n) is 4.79. The molecule has 0 aromatic heterocycles. The van der Waals surface area contributed by atoms with E-state index in [0.29, 0.717) is 43.7 Å². The summed E-state index contributed by atoms with van der Waals surface area (Å²) < 4.78 is 63.0.